The highest BCUT2D eigenvalue weighted by molar-refractivity contribution is 6.01. The van der Waals surface area contributed by atoms with Crippen molar-refractivity contribution in [2.75, 3.05) is 19.6 Å². The highest BCUT2D eigenvalue weighted by atomic mass is 16.1. The number of carbonyl (C=O) groups excluding carboxylic acids is 1. The molecule has 0 N–H and O–H groups in total. The molecule has 0 saturated heterocycles. The van der Waals surface area contributed by atoms with Gasteiger partial charge < -0.3 is 0 Å². The van der Waals surface area contributed by atoms with Crippen molar-refractivity contribution in [2.45, 2.75) is 52.4 Å². The fourth-order valence-corrected chi connectivity index (χ4v) is 3.88. The molecule has 2 aliphatic carbocycles. The number of benzene rings is 1. The Kier molecular flexibility index (Phi) is 3.93. The monoisotopic (exact) mass is 271 g/mol. The van der Waals surface area contributed by atoms with Gasteiger partial charge in [-0.3, -0.25) is 9.69 Å². The molecule has 2 aliphatic rings. The third kappa shape index (κ3) is 2.31. The second-order valence-corrected chi connectivity index (χ2v) is 6.12. The van der Waals surface area contributed by atoms with Crippen LogP contribution in [0.2, 0.25) is 0 Å². The van der Waals surface area contributed by atoms with Crippen LogP contribution in [0, 0.1) is 0 Å². The Labute approximate surface area is 122 Å². The van der Waals surface area contributed by atoms with Crippen LogP contribution in [-0.4, -0.2) is 30.3 Å². The lowest BCUT2D eigenvalue weighted by atomic mass is 9.91. The Hall–Kier alpha value is -1.15. The van der Waals surface area contributed by atoms with E-state index < -0.39 is 0 Å². The van der Waals surface area contributed by atoms with Crippen LogP contribution in [0.25, 0.3) is 0 Å². The maximum absolute atomic E-state index is 12.9. The molecular weight excluding hydrogens is 246 g/mol. The van der Waals surface area contributed by atoms with Gasteiger partial charge in [0.2, 0.25) is 0 Å². The van der Waals surface area contributed by atoms with E-state index >= 15 is 0 Å². The van der Waals surface area contributed by atoms with Gasteiger partial charge in [0, 0.05) is 5.56 Å². The first-order valence-corrected chi connectivity index (χ1v) is 8.16. The van der Waals surface area contributed by atoms with Gasteiger partial charge in [-0.25, -0.2) is 0 Å². The molecule has 3 rings (SSSR count). The molecule has 0 saturated carbocycles. The summed E-state index contributed by atoms with van der Waals surface area (Å²) in [4.78, 5) is 15.1. The van der Waals surface area contributed by atoms with Crippen LogP contribution >= 0.6 is 0 Å². The first-order valence-electron chi connectivity index (χ1n) is 8.16. The summed E-state index contributed by atoms with van der Waals surface area (Å²) in [5.74, 6) is 0.366. The number of likely N-dealkylation sites (N-methyl/N-ethyl adjacent to an activating group) is 1. The van der Waals surface area contributed by atoms with Gasteiger partial charge in [0.25, 0.3) is 0 Å². The van der Waals surface area contributed by atoms with Gasteiger partial charge in [0.05, 0.1) is 6.54 Å². The predicted octanol–water partition coefficient (Wildman–Crippen LogP) is 3.19. The van der Waals surface area contributed by atoms with Crippen LogP contribution in [0.5, 0.6) is 0 Å². The lowest BCUT2D eigenvalue weighted by molar-refractivity contribution is 0.0935. The molecule has 0 aromatic heterocycles. The third-order valence-electron chi connectivity index (χ3n) is 5.01. The van der Waals surface area contributed by atoms with Crippen LogP contribution in [0.4, 0.5) is 0 Å². The molecule has 0 fully saturated rings. The number of hydrogen-bond acceptors (Lipinski definition) is 2. The Morgan fingerprint density at radius 1 is 1.00 bits per heavy atom. The molecule has 0 atom stereocenters. The van der Waals surface area contributed by atoms with Gasteiger partial charge in [-0.05, 0) is 73.9 Å². The van der Waals surface area contributed by atoms with Crippen molar-refractivity contribution in [1.29, 1.82) is 0 Å². The molecule has 0 heterocycles. The van der Waals surface area contributed by atoms with E-state index in [0.717, 1.165) is 31.5 Å². The van der Waals surface area contributed by atoms with Crippen molar-refractivity contribution < 1.29 is 4.79 Å². The van der Waals surface area contributed by atoms with Crippen molar-refractivity contribution in [3.63, 3.8) is 0 Å². The molecule has 1 aromatic carbocycles. The molecule has 0 radical (unpaired) electrons. The van der Waals surface area contributed by atoms with Crippen molar-refractivity contribution in [3.05, 3.63) is 33.9 Å². The third-order valence-corrected chi connectivity index (χ3v) is 5.01. The summed E-state index contributed by atoms with van der Waals surface area (Å²) in [6, 6.07) is 2.40. The quantitative estimate of drug-likeness (QED) is 0.767. The van der Waals surface area contributed by atoms with E-state index in [-0.39, 0.29) is 0 Å². The Morgan fingerprint density at radius 2 is 1.55 bits per heavy atom. The highest BCUT2D eigenvalue weighted by Crippen LogP contribution is 2.35. The zero-order valence-corrected chi connectivity index (χ0v) is 12.8. The standard InChI is InChI=1S/C18H25NO/c1-3-19(4-2)12-17(20)18-15-9-5-7-13(15)11-14-8-6-10-16(14)18/h11H,3-10,12H2,1-2H3. The number of nitrogens with zero attached hydrogens (tertiary/aromatic N) is 1. The topological polar surface area (TPSA) is 20.3 Å². The van der Waals surface area contributed by atoms with E-state index in [1.807, 2.05) is 0 Å². The number of rotatable bonds is 5. The second-order valence-electron chi connectivity index (χ2n) is 6.12. The summed E-state index contributed by atoms with van der Waals surface area (Å²) in [7, 11) is 0. The fraction of sp³-hybridized carbons (Fsp3) is 0.611. The molecular formula is C18H25NO. The molecule has 0 unspecified atom stereocenters. The number of hydrogen-bond donors (Lipinski definition) is 0. The first kappa shape index (κ1) is 13.8. The van der Waals surface area contributed by atoms with Gasteiger partial charge in [-0.15, -0.1) is 0 Å². The van der Waals surface area contributed by atoms with Crippen molar-refractivity contribution in [1.82, 2.24) is 4.90 Å². The SMILES string of the molecule is CCN(CC)CC(=O)c1c2c(cc3c1CCC3)CCC2. The average molecular weight is 271 g/mol. The van der Waals surface area contributed by atoms with Crippen LogP contribution < -0.4 is 0 Å². The second kappa shape index (κ2) is 5.69. The smallest absolute Gasteiger partial charge is 0.177 e. The summed E-state index contributed by atoms with van der Waals surface area (Å²) >= 11 is 0. The summed E-state index contributed by atoms with van der Waals surface area (Å²) in [5.41, 5.74) is 6.84. The summed E-state index contributed by atoms with van der Waals surface area (Å²) in [5, 5.41) is 0. The molecule has 0 aliphatic heterocycles. The van der Waals surface area contributed by atoms with Gasteiger partial charge in [0.15, 0.2) is 5.78 Å². The number of aryl methyl sites for hydroxylation is 2. The summed E-state index contributed by atoms with van der Waals surface area (Å²) < 4.78 is 0. The fourth-order valence-electron chi connectivity index (χ4n) is 3.88. The Bertz CT molecular complexity index is 496. The predicted molar refractivity (Wildman–Crippen MR) is 82.6 cm³/mol. The highest BCUT2D eigenvalue weighted by Gasteiger charge is 2.27. The molecule has 1 aromatic rings. The Balaban J connectivity index is 1.98. The van der Waals surface area contributed by atoms with Gasteiger partial charge >= 0.3 is 0 Å². The summed E-state index contributed by atoms with van der Waals surface area (Å²) in [6.45, 7) is 6.78. The number of ketones is 1. The molecule has 2 heteroatoms. The minimum Gasteiger partial charge on any atom is -0.296 e. The van der Waals surface area contributed by atoms with Gasteiger partial charge in [-0.1, -0.05) is 19.9 Å². The lowest BCUT2D eigenvalue weighted by Crippen LogP contribution is -2.30. The average Bonchev–Trinajstić information content (AvgIpc) is 3.09. The molecule has 0 amide bonds. The number of carbonyl (C=O) groups is 1. The van der Waals surface area contributed by atoms with Crippen molar-refractivity contribution in [2.24, 2.45) is 0 Å². The van der Waals surface area contributed by atoms with E-state index in [0.29, 0.717) is 12.3 Å². The molecule has 0 bridgehead atoms. The van der Waals surface area contributed by atoms with E-state index in [9.17, 15) is 4.79 Å². The Morgan fingerprint density at radius 3 is 2.05 bits per heavy atom. The normalized spacial score (nSPS) is 16.6. The van der Waals surface area contributed by atoms with E-state index in [4.69, 9.17) is 0 Å². The molecule has 2 nitrogen and oxygen atoms in total. The van der Waals surface area contributed by atoms with Gasteiger partial charge in [0.1, 0.15) is 0 Å². The largest absolute Gasteiger partial charge is 0.296 e. The van der Waals surface area contributed by atoms with E-state index in [2.05, 4.69) is 24.8 Å². The minimum atomic E-state index is 0.366. The van der Waals surface area contributed by atoms with Crippen LogP contribution in [-0.2, 0) is 25.7 Å². The van der Waals surface area contributed by atoms with Crippen LogP contribution in [0.3, 0.4) is 0 Å². The maximum atomic E-state index is 12.9. The van der Waals surface area contributed by atoms with Crippen molar-refractivity contribution >= 4 is 5.78 Å². The van der Waals surface area contributed by atoms with E-state index in [1.165, 1.54) is 47.9 Å². The van der Waals surface area contributed by atoms with Crippen LogP contribution in [0.1, 0.15) is 59.3 Å². The lowest BCUT2D eigenvalue weighted by Gasteiger charge is -2.20. The van der Waals surface area contributed by atoms with Crippen LogP contribution in [0.15, 0.2) is 6.07 Å². The molecule has 0 spiro atoms. The minimum absolute atomic E-state index is 0.366. The first-order chi connectivity index (χ1) is 9.74. The van der Waals surface area contributed by atoms with Crippen molar-refractivity contribution in [3.8, 4) is 0 Å². The van der Waals surface area contributed by atoms with E-state index in [1.54, 1.807) is 0 Å². The zero-order valence-electron chi connectivity index (χ0n) is 12.8. The number of fused-ring (bicyclic) bond motifs is 2. The van der Waals surface area contributed by atoms with Gasteiger partial charge in [-0.2, -0.15) is 0 Å². The zero-order chi connectivity index (χ0) is 14.1. The molecule has 108 valence electrons. The summed E-state index contributed by atoms with van der Waals surface area (Å²) in [6.07, 6.45) is 7.03. The number of Topliss-reactive ketones (excluding diaryl/α,β-unsaturated/α-hetero) is 1. The maximum Gasteiger partial charge on any atom is 0.177 e. The molecule has 20 heavy (non-hydrogen) atoms.